The number of carbonyl (C=O) groups is 2. The van der Waals surface area contributed by atoms with Crippen LogP contribution in [0, 0.1) is 0 Å². The van der Waals surface area contributed by atoms with Crippen LogP contribution in [0.2, 0.25) is 0 Å². The van der Waals surface area contributed by atoms with Gasteiger partial charge in [-0.15, -0.1) is 5.10 Å². The predicted octanol–water partition coefficient (Wildman–Crippen LogP) is 2.09. The van der Waals surface area contributed by atoms with Gasteiger partial charge in [-0.1, -0.05) is 11.8 Å². The molecule has 1 aromatic heterocycles. The van der Waals surface area contributed by atoms with Gasteiger partial charge in [0.15, 0.2) is 17.3 Å². The molecule has 0 aliphatic rings. The Balaban J connectivity index is 2.22. The Morgan fingerprint density at radius 3 is 2.68 bits per heavy atom. The van der Waals surface area contributed by atoms with Crippen LogP contribution in [-0.4, -0.2) is 39.8 Å². The van der Waals surface area contributed by atoms with Crippen molar-refractivity contribution in [1.29, 1.82) is 0 Å². The average molecular weight is 321 g/mol. The highest BCUT2D eigenvalue weighted by Gasteiger charge is 2.12. The Bertz CT molecular complexity index is 699. The molecule has 7 nitrogen and oxygen atoms in total. The summed E-state index contributed by atoms with van der Waals surface area (Å²) in [5, 5.41) is 7.33. The maximum Gasteiger partial charge on any atom is 0.308 e. The highest BCUT2D eigenvalue weighted by Crippen LogP contribution is 2.31. The fourth-order valence-electron chi connectivity index (χ4n) is 1.66. The first-order valence-electron chi connectivity index (χ1n) is 6.41. The molecule has 0 atom stereocenters. The van der Waals surface area contributed by atoms with Gasteiger partial charge in [0.05, 0.1) is 12.9 Å². The Labute approximate surface area is 131 Å². The fourth-order valence-corrected chi connectivity index (χ4v) is 2.26. The van der Waals surface area contributed by atoms with E-state index in [1.807, 2.05) is 0 Å². The van der Waals surface area contributed by atoms with Crippen molar-refractivity contribution in [1.82, 2.24) is 15.2 Å². The van der Waals surface area contributed by atoms with Gasteiger partial charge in [0, 0.05) is 12.5 Å². The highest BCUT2D eigenvalue weighted by molar-refractivity contribution is 7.99. The quantitative estimate of drug-likeness (QED) is 0.494. The molecule has 0 fully saturated rings. The molecule has 8 heteroatoms. The SMILES string of the molecule is COc1cc(-c2nc(SCC(C)=O)n[nH]2)ccc1OC(C)=O. The summed E-state index contributed by atoms with van der Waals surface area (Å²) in [6.45, 7) is 2.83. The first kappa shape index (κ1) is 16.0. The lowest BCUT2D eigenvalue weighted by atomic mass is 10.2. The summed E-state index contributed by atoms with van der Waals surface area (Å²) in [6.07, 6.45) is 0. The van der Waals surface area contributed by atoms with Crippen molar-refractivity contribution in [3.8, 4) is 22.9 Å². The summed E-state index contributed by atoms with van der Waals surface area (Å²) in [5.74, 6) is 1.26. The number of rotatable bonds is 6. The molecular weight excluding hydrogens is 306 g/mol. The molecule has 0 radical (unpaired) electrons. The molecule has 1 heterocycles. The number of nitrogens with one attached hydrogen (secondary N) is 1. The van der Waals surface area contributed by atoms with Crippen molar-refractivity contribution in [2.75, 3.05) is 12.9 Å². The minimum Gasteiger partial charge on any atom is -0.493 e. The summed E-state index contributed by atoms with van der Waals surface area (Å²) >= 11 is 1.26. The number of aromatic nitrogens is 3. The molecule has 0 bridgehead atoms. The van der Waals surface area contributed by atoms with Crippen LogP contribution in [0.25, 0.3) is 11.4 Å². The fraction of sp³-hybridized carbons (Fsp3) is 0.286. The zero-order valence-corrected chi connectivity index (χ0v) is 13.2. The van der Waals surface area contributed by atoms with E-state index < -0.39 is 5.97 Å². The Morgan fingerprint density at radius 1 is 1.27 bits per heavy atom. The van der Waals surface area contributed by atoms with Crippen LogP contribution < -0.4 is 9.47 Å². The summed E-state index contributed by atoms with van der Waals surface area (Å²) < 4.78 is 10.3. The number of Topliss-reactive ketones (excluding diaryl/α,β-unsaturated/α-hetero) is 1. The molecule has 1 N–H and O–H groups in total. The number of carbonyl (C=O) groups excluding carboxylic acids is 2. The van der Waals surface area contributed by atoms with E-state index in [9.17, 15) is 9.59 Å². The lowest BCUT2D eigenvalue weighted by molar-refractivity contribution is -0.132. The van der Waals surface area contributed by atoms with E-state index in [0.717, 1.165) is 5.56 Å². The number of hydrogen-bond acceptors (Lipinski definition) is 7. The number of nitrogens with zero attached hydrogens (tertiary/aromatic N) is 2. The molecule has 22 heavy (non-hydrogen) atoms. The third-order valence-electron chi connectivity index (χ3n) is 2.56. The summed E-state index contributed by atoms with van der Waals surface area (Å²) in [4.78, 5) is 26.3. The van der Waals surface area contributed by atoms with Crippen LogP contribution in [0.15, 0.2) is 23.4 Å². The Hall–Kier alpha value is -2.35. The minimum absolute atomic E-state index is 0.0590. The van der Waals surface area contributed by atoms with Crippen LogP contribution >= 0.6 is 11.8 Å². The number of methoxy groups -OCH3 is 1. The molecule has 0 saturated carbocycles. The largest absolute Gasteiger partial charge is 0.493 e. The van der Waals surface area contributed by atoms with E-state index >= 15 is 0 Å². The van der Waals surface area contributed by atoms with Crippen molar-refractivity contribution >= 4 is 23.5 Å². The maximum absolute atomic E-state index is 11.0. The van der Waals surface area contributed by atoms with Crippen LogP contribution in [-0.2, 0) is 9.59 Å². The molecule has 0 aliphatic heterocycles. The van der Waals surface area contributed by atoms with Crippen molar-refractivity contribution in [3.63, 3.8) is 0 Å². The van der Waals surface area contributed by atoms with E-state index in [2.05, 4.69) is 15.2 Å². The third kappa shape index (κ3) is 4.08. The maximum atomic E-state index is 11.0. The third-order valence-corrected chi connectivity index (χ3v) is 3.55. The van der Waals surface area contributed by atoms with Gasteiger partial charge in [-0.2, -0.15) is 0 Å². The number of esters is 1. The molecule has 0 amide bonds. The zero-order valence-electron chi connectivity index (χ0n) is 12.4. The molecule has 0 spiro atoms. The van der Waals surface area contributed by atoms with Crippen LogP contribution in [0.3, 0.4) is 0 Å². The first-order valence-corrected chi connectivity index (χ1v) is 7.39. The smallest absolute Gasteiger partial charge is 0.308 e. The first-order chi connectivity index (χ1) is 10.5. The summed E-state index contributed by atoms with van der Waals surface area (Å²) in [5.41, 5.74) is 0.731. The second kappa shape index (κ2) is 7.08. The van der Waals surface area contributed by atoms with Crippen molar-refractivity contribution in [2.24, 2.45) is 0 Å². The van der Waals surface area contributed by atoms with Gasteiger partial charge in [0.2, 0.25) is 5.16 Å². The van der Waals surface area contributed by atoms with Gasteiger partial charge in [0.1, 0.15) is 5.78 Å². The normalized spacial score (nSPS) is 10.3. The number of aromatic amines is 1. The van der Waals surface area contributed by atoms with Gasteiger partial charge >= 0.3 is 5.97 Å². The lowest BCUT2D eigenvalue weighted by Gasteiger charge is -2.08. The number of benzene rings is 1. The monoisotopic (exact) mass is 321 g/mol. The number of hydrogen-bond donors (Lipinski definition) is 1. The number of thioether (sulfide) groups is 1. The van der Waals surface area contributed by atoms with Gasteiger partial charge in [-0.3, -0.25) is 14.7 Å². The van der Waals surface area contributed by atoms with Crippen molar-refractivity contribution in [3.05, 3.63) is 18.2 Å². The van der Waals surface area contributed by atoms with E-state index in [1.54, 1.807) is 18.2 Å². The molecule has 0 aliphatic carbocycles. The van der Waals surface area contributed by atoms with E-state index in [-0.39, 0.29) is 5.78 Å². The van der Waals surface area contributed by atoms with E-state index in [4.69, 9.17) is 9.47 Å². The standard InChI is InChI=1S/C14H15N3O4S/c1-8(18)7-22-14-15-13(16-17-14)10-4-5-11(21-9(2)19)12(6-10)20-3/h4-6H,7H2,1-3H3,(H,15,16,17). The summed E-state index contributed by atoms with van der Waals surface area (Å²) in [6, 6.07) is 5.05. The summed E-state index contributed by atoms with van der Waals surface area (Å²) in [7, 11) is 1.49. The number of ketones is 1. The molecule has 0 unspecified atom stereocenters. The van der Waals surface area contributed by atoms with E-state index in [0.29, 0.717) is 28.2 Å². The molecule has 1 aromatic carbocycles. The van der Waals surface area contributed by atoms with Gasteiger partial charge < -0.3 is 9.47 Å². The van der Waals surface area contributed by atoms with Crippen LogP contribution in [0.4, 0.5) is 0 Å². The highest BCUT2D eigenvalue weighted by atomic mass is 32.2. The van der Waals surface area contributed by atoms with Gasteiger partial charge in [-0.05, 0) is 25.1 Å². The topological polar surface area (TPSA) is 94.2 Å². The number of H-pyrrole nitrogens is 1. The van der Waals surface area contributed by atoms with Crippen LogP contribution in [0.1, 0.15) is 13.8 Å². The minimum atomic E-state index is -0.423. The Morgan fingerprint density at radius 2 is 2.05 bits per heavy atom. The number of ether oxygens (including phenoxy) is 2. The van der Waals surface area contributed by atoms with E-state index in [1.165, 1.54) is 32.7 Å². The van der Waals surface area contributed by atoms with Gasteiger partial charge in [-0.25, -0.2) is 4.98 Å². The molecular formula is C14H15N3O4S. The average Bonchev–Trinajstić information content (AvgIpc) is 2.94. The Kier molecular flexibility index (Phi) is 5.16. The van der Waals surface area contributed by atoms with Crippen LogP contribution in [0.5, 0.6) is 11.5 Å². The van der Waals surface area contributed by atoms with Crippen molar-refractivity contribution in [2.45, 2.75) is 19.0 Å². The molecule has 116 valence electrons. The molecule has 0 saturated heterocycles. The lowest BCUT2D eigenvalue weighted by Crippen LogP contribution is -2.03. The second-order valence-electron chi connectivity index (χ2n) is 4.42. The zero-order chi connectivity index (χ0) is 16.1. The second-order valence-corrected chi connectivity index (χ2v) is 5.36. The predicted molar refractivity (Wildman–Crippen MR) is 81.1 cm³/mol. The molecule has 2 rings (SSSR count). The van der Waals surface area contributed by atoms with Crippen molar-refractivity contribution < 1.29 is 19.1 Å². The molecule has 2 aromatic rings. The van der Waals surface area contributed by atoms with Gasteiger partial charge in [0.25, 0.3) is 0 Å².